The fraction of sp³-hybridized carbons (Fsp3) is 0.143. The summed E-state index contributed by atoms with van der Waals surface area (Å²) in [5, 5.41) is 14.1. The van der Waals surface area contributed by atoms with Crippen LogP contribution in [0.2, 0.25) is 0 Å². The summed E-state index contributed by atoms with van der Waals surface area (Å²) >= 11 is 2.69. The van der Waals surface area contributed by atoms with E-state index in [9.17, 15) is 14.4 Å². The van der Waals surface area contributed by atoms with Crippen molar-refractivity contribution in [3.8, 4) is 5.75 Å². The maximum atomic E-state index is 12.6. The number of thioether (sulfide) groups is 1. The van der Waals surface area contributed by atoms with Crippen molar-refractivity contribution in [1.82, 2.24) is 4.98 Å². The third-order valence-electron chi connectivity index (χ3n) is 3.99. The standard InChI is InChI=1S/C21H19N3O5S2/c1-12(20(28)24-21-23-16-7-6-14(29-2)11-17(16)31-21)30-15-5-3-4-13(10-15)22-18(25)8-9-19(26)27/h3-12H,1-2H3,(H,22,25)(H,26,27)(H,23,24,28)/b9-8+. The molecule has 0 spiro atoms. The molecule has 0 saturated heterocycles. The molecule has 1 atom stereocenters. The molecule has 2 amide bonds. The summed E-state index contributed by atoms with van der Waals surface area (Å²) in [6, 6.07) is 12.5. The van der Waals surface area contributed by atoms with E-state index < -0.39 is 17.1 Å². The number of anilines is 2. The molecule has 160 valence electrons. The van der Waals surface area contributed by atoms with Crippen LogP contribution < -0.4 is 15.4 Å². The molecule has 0 fully saturated rings. The molecule has 0 aliphatic rings. The number of carboxylic acid groups (broad SMARTS) is 1. The van der Waals surface area contributed by atoms with Gasteiger partial charge in [-0.15, -0.1) is 11.8 Å². The first-order chi connectivity index (χ1) is 14.8. The van der Waals surface area contributed by atoms with Crippen LogP contribution in [0.5, 0.6) is 5.75 Å². The number of aromatic nitrogens is 1. The van der Waals surface area contributed by atoms with Crippen LogP contribution in [0.25, 0.3) is 10.2 Å². The molecule has 1 unspecified atom stereocenters. The van der Waals surface area contributed by atoms with E-state index in [0.29, 0.717) is 10.8 Å². The largest absolute Gasteiger partial charge is 0.497 e. The fourth-order valence-corrected chi connectivity index (χ4v) is 4.35. The van der Waals surface area contributed by atoms with Gasteiger partial charge in [0.1, 0.15) is 5.75 Å². The molecular formula is C21H19N3O5S2. The number of rotatable bonds is 8. The molecule has 0 radical (unpaired) electrons. The molecule has 10 heteroatoms. The van der Waals surface area contributed by atoms with Gasteiger partial charge in [0.2, 0.25) is 11.8 Å². The van der Waals surface area contributed by atoms with E-state index in [2.05, 4.69) is 15.6 Å². The van der Waals surface area contributed by atoms with E-state index in [0.717, 1.165) is 33.0 Å². The van der Waals surface area contributed by atoms with Crippen LogP contribution in [0.15, 0.2) is 59.5 Å². The smallest absolute Gasteiger partial charge is 0.328 e. The van der Waals surface area contributed by atoms with E-state index in [1.54, 1.807) is 32.2 Å². The highest BCUT2D eigenvalue weighted by atomic mass is 32.2. The van der Waals surface area contributed by atoms with E-state index in [1.807, 2.05) is 24.3 Å². The highest BCUT2D eigenvalue weighted by Crippen LogP contribution is 2.31. The molecule has 8 nitrogen and oxygen atoms in total. The molecule has 31 heavy (non-hydrogen) atoms. The van der Waals surface area contributed by atoms with E-state index in [1.165, 1.54) is 23.1 Å². The molecule has 0 bridgehead atoms. The number of thiazole rings is 1. The summed E-state index contributed by atoms with van der Waals surface area (Å²) < 4.78 is 6.12. The van der Waals surface area contributed by atoms with Gasteiger partial charge in [0.05, 0.1) is 22.6 Å². The number of methoxy groups -OCH3 is 1. The minimum absolute atomic E-state index is 0.199. The zero-order valence-corrected chi connectivity index (χ0v) is 18.3. The zero-order chi connectivity index (χ0) is 22.4. The lowest BCUT2D eigenvalue weighted by molar-refractivity contribution is -0.131. The Balaban J connectivity index is 1.62. The van der Waals surface area contributed by atoms with Gasteiger partial charge in [-0.05, 0) is 43.3 Å². The van der Waals surface area contributed by atoms with Gasteiger partial charge in [-0.25, -0.2) is 9.78 Å². The Labute approximate surface area is 186 Å². The van der Waals surface area contributed by atoms with Crippen molar-refractivity contribution >= 4 is 61.9 Å². The highest BCUT2D eigenvalue weighted by molar-refractivity contribution is 8.00. The average molecular weight is 458 g/mol. The van der Waals surface area contributed by atoms with E-state index >= 15 is 0 Å². The Morgan fingerprint density at radius 1 is 1.16 bits per heavy atom. The van der Waals surface area contributed by atoms with Gasteiger partial charge in [-0.2, -0.15) is 0 Å². The first-order valence-electron chi connectivity index (χ1n) is 9.08. The van der Waals surface area contributed by atoms with Crippen LogP contribution in [0.1, 0.15) is 6.92 Å². The summed E-state index contributed by atoms with van der Waals surface area (Å²) in [7, 11) is 1.59. The number of nitrogens with one attached hydrogen (secondary N) is 2. The molecule has 3 rings (SSSR count). The van der Waals surface area contributed by atoms with Gasteiger partial charge in [0, 0.05) is 22.7 Å². The number of carbonyl (C=O) groups is 3. The molecule has 0 saturated carbocycles. The number of hydrogen-bond acceptors (Lipinski definition) is 7. The third kappa shape index (κ3) is 6.30. The van der Waals surface area contributed by atoms with Crippen molar-refractivity contribution in [3.63, 3.8) is 0 Å². The lowest BCUT2D eigenvalue weighted by Gasteiger charge is -2.11. The van der Waals surface area contributed by atoms with Gasteiger partial charge < -0.3 is 20.5 Å². The molecular weight excluding hydrogens is 438 g/mol. The van der Waals surface area contributed by atoms with Crippen molar-refractivity contribution in [2.45, 2.75) is 17.1 Å². The Morgan fingerprint density at radius 2 is 1.97 bits per heavy atom. The predicted molar refractivity (Wildman–Crippen MR) is 122 cm³/mol. The summed E-state index contributed by atoms with van der Waals surface area (Å²) in [4.78, 5) is 40.0. The van der Waals surface area contributed by atoms with Crippen LogP contribution in [-0.2, 0) is 14.4 Å². The number of carbonyl (C=O) groups excluding carboxylic acids is 2. The van der Waals surface area contributed by atoms with Crippen LogP contribution in [0, 0.1) is 0 Å². The highest BCUT2D eigenvalue weighted by Gasteiger charge is 2.17. The minimum Gasteiger partial charge on any atom is -0.497 e. The van der Waals surface area contributed by atoms with Crippen LogP contribution in [0.4, 0.5) is 10.8 Å². The number of ether oxygens (including phenoxy) is 1. The number of aliphatic carboxylic acids is 1. The molecule has 2 aromatic carbocycles. The summed E-state index contributed by atoms with van der Waals surface area (Å²) in [6.45, 7) is 1.78. The first-order valence-corrected chi connectivity index (χ1v) is 10.8. The molecule has 0 aliphatic heterocycles. The van der Waals surface area contributed by atoms with Gasteiger partial charge in [-0.1, -0.05) is 17.4 Å². The second-order valence-corrected chi connectivity index (χ2v) is 8.74. The monoisotopic (exact) mass is 457 g/mol. The third-order valence-corrected chi connectivity index (χ3v) is 6.01. The number of fused-ring (bicyclic) bond motifs is 1. The van der Waals surface area contributed by atoms with E-state index in [4.69, 9.17) is 9.84 Å². The summed E-state index contributed by atoms with van der Waals surface area (Å²) in [5.74, 6) is -1.23. The SMILES string of the molecule is COc1ccc2nc(NC(=O)C(C)Sc3cccc(NC(=O)/C=C/C(=O)O)c3)sc2c1. The summed E-state index contributed by atoms with van der Waals surface area (Å²) in [6.07, 6.45) is 1.70. The van der Waals surface area contributed by atoms with Crippen LogP contribution >= 0.6 is 23.1 Å². The van der Waals surface area contributed by atoms with Crippen LogP contribution in [0.3, 0.4) is 0 Å². The molecule has 3 aromatic rings. The Hall–Kier alpha value is -3.37. The Kier molecular flexibility index (Phi) is 7.27. The number of hydrogen-bond donors (Lipinski definition) is 3. The first kappa shape index (κ1) is 22.3. The zero-order valence-electron chi connectivity index (χ0n) is 16.6. The quantitative estimate of drug-likeness (QED) is 0.346. The number of nitrogens with zero attached hydrogens (tertiary/aromatic N) is 1. The molecule has 0 aliphatic carbocycles. The van der Waals surface area contributed by atoms with E-state index in [-0.39, 0.29) is 5.91 Å². The molecule has 1 heterocycles. The van der Waals surface area contributed by atoms with Gasteiger partial charge in [-0.3, -0.25) is 9.59 Å². The Bertz CT molecular complexity index is 1160. The maximum absolute atomic E-state index is 12.6. The fourth-order valence-electron chi connectivity index (χ4n) is 2.53. The molecule has 3 N–H and O–H groups in total. The van der Waals surface area contributed by atoms with Crippen molar-refractivity contribution in [3.05, 3.63) is 54.6 Å². The van der Waals surface area contributed by atoms with Crippen molar-refractivity contribution in [2.75, 3.05) is 17.7 Å². The number of benzene rings is 2. The van der Waals surface area contributed by atoms with Crippen molar-refractivity contribution < 1.29 is 24.2 Å². The number of amides is 2. The Morgan fingerprint density at radius 3 is 2.71 bits per heavy atom. The normalized spacial score (nSPS) is 11.9. The summed E-state index contributed by atoms with van der Waals surface area (Å²) in [5.41, 5.74) is 1.28. The molecule has 1 aromatic heterocycles. The van der Waals surface area contributed by atoms with Gasteiger partial charge in [0.15, 0.2) is 5.13 Å². The predicted octanol–water partition coefficient (Wildman–Crippen LogP) is 4.00. The van der Waals surface area contributed by atoms with Gasteiger partial charge >= 0.3 is 5.97 Å². The van der Waals surface area contributed by atoms with Crippen molar-refractivity contribution in [2.24, 2.45) is 0 Å². The van der Waals surface area contributed by atoms with Crippen molar-refractivity contribution in [1.29, 1.82) is 0 Å². The lowest BCUT2D eigenvalue weighted by Crippen LogP contribution is -2.22. The lowest BCUT2D eigenvalue weighted by atomic mass is 10.3. The average Bonchev–Trinajstić information content (AvgIpc) is 3.13. The topological polar surface area (TPSA) is 118 Å². The van der Waals surface area contributed by atoms with Crippen LogP contribution in [-0.4, -0.2) is 40.2 Å². The second kappa shape index (κ2) is 10.1. The second-order valence-electron chi connectivity index (χ2n) is 6.29. The maximum Gasteiger partial charge on any atom is 0.328 e. The minimum atomic E-state index is -1.20. The van der Waals surface area contributed by atoms with Gasteiger partial charge in [0.25, 0.3) is 0 Å². The number of carboxylic acids is 1.